The van der Waals surface area contributed by atoms with Gasteiger partial charge in [-0.2, -0.15) is 5.10 Å². The van der Waals surface area contributed by atoms with Gasteiger partial charge in [0.15, 0.2) is 0 Å². The van der Waals surface area contributed by atoms with Gasteiger partial charge in [0.25, 0.3) is 0 Å². The van der Waals surface area contributed by atoms with E-state index in [2.05, 4.69) is 5.10 Å². The molecule has 66 valence electrons. The molecule has 1 aromatic heterocycles. The summed E-state index contributed by atoms with van der Waals surface area (Å²) in [7, 11) is 1.86. The number of hydrogen-bond donors (Lipinski definition) is 2. The Labute approximate surface area is 71.0 Å². The van der Waals surface area contributed by atoms with E-state index in [0.717, 1.165) is 17.7 Å². The molecule has 0 amide bonds. The summed E-state index contributed by atoms with van der Waals surface area (Å²) in [5, 5.41) is 14.2. The van der Waals surface area contributed by atoms with E-state index in [9.17, 15) is 5.11 Å². The van der Waals surface area contributed by atoms with Gasteiger partial charge >= 0.3 is 0 Å². The number of fused-ring (bicyclic) bond motifs is 1. The maximum atomic E-state index is 9.99. The summed E-state index contributed by atoms with van der Waals surface area (Å²) in [4.78, 5) is 0. The lowest BCUT2D eigenvalue weighted by molar-refractivity contribution is 0.0477. The molecule has 0 saturated heterocycles. The van der Waals surface area contributed by atoms with E-state index in [1.807, 2.05) is 13.2 Å². The molecule has 4 nitrogen and oxygen atoms in total. The van der Waals surface area contributed by atoms with Crippen molar-refractivity contribution in [1.82, 2.24) is 9.78 Å². The monoisotopic (exact) mass is 167 g/mol. The fraction of sp³-hybridized carbons (Fsp3) is 0.625. The molecule has 1 unspecified atom stereocenters. The van der Waals surface area contributed by atoms with Crippen LogP contribution in [-0.2, 0) is 19.1 Å². The highest BCUT2D eigenvalue weighted by Gasteiger charge is 2.37. The van der Waals surface area contributed by atoms with E-state index in [4.69, 9.17) is 5.73 Å². The Hall–Kier alpha value is -0.870. The lowest BCUT2D eigenvalue weighted by Gasteiger charge is -2.19. The Kier molecular flexibility index (Phi) is 1.49. The van der Waals surface area contributed by atoms with Crippen LogP contribution in [0.15, 0.2) is 6.20 Å². The van der Waals surface area contributed by atoms with Gasteiger partial charge in [0.05, 0.1) is 5.69 Å². The van der Waals surface area contributed by atoms with Gasteiger partial charge in [0.2, 0.25) is 0 Å². The van der Waals surface area contributed by atoms with Crippen molar-refractivity contribution in [2.75, 3.05) is 6.54 Å². The lowest BCUT2D eigenvalue weighted by Crippen LogP contribution is -2.32. The fourth-order valence-electron chi connectivity index (χ4n) is 1.78. The van der Waals surface area contributed by atoms with Crippen LogP contribution in [-0.4, -0.2) is 21.4 Å². The van der Waals surface area contributed by atoms with Crippen molar-refractivity contribution in [1.29, 1.82) is 0 Å². The summed E-state index contributed by atoms with van der Waals surface area (Å²) in [6, 6.07) is 0. The summed E-state index contributed by atoms with van der Waals surface area (Å²) in [6.07, 6.45) is 3.40. The molecule has 1 aliphatic rings. The second-order valence-corrected chi connectivity index (χ2v) is 3.40. The molecule has 4 heteroatoms. The van der Waals surface area contributed by atoms with Crippen molar-refractivity contribution in [3.63, 3.8) is 0 Å². The molecule has 0 aromatic carbocycles. The third kappa shape index (κ3) is 0.884. The van der Waals surface area contributed by atoms with Crippen LogP contribution in [0.3, 0.4) is 0 Å². The van der Waals surface area contributed by atoms with Gasteiger partial charge in [-0.15, -0.1) is 0 Å². The summed E-state index contributed by atoms with van der Waals surface area (Å²) in [5.74, 6) is 0. The Morgan fingerprint density at radius 1 is 1.83 bits per heavy atom. The van der Waals surface area contributed by atoms with Crippen LogP contribution in [0.1, 0.15) is 17.7 Å². The zero-order chi connectivity index (χ0) is 8.77. The molecular weight excluding hydrogens is 154 g/mol. The number of nitrogens with two attached hydrogens (primary N) is 1. The van der Waals surface area contributed by atoms with Gasteiger partial charge in [0, 0.05) is 25.4 Å². The molecule has 0 bridgehead atoms. The van der Waals surface area contributed by atoms with Crippen LogP contribution in [0.25, 0.3) is 0 Å². The number of aromatic nitrogens is 2. The van der Waals surface area contributed by atoms with Gasteiger partial charge in [0.1, 0.15) is 5.60 Å². The fourth-order valence-corrected chi connectivity index (χ4v) is 1.78. The van der Waals surface area contributed by atoms with Crippen molar-refractivity contribution in [2.45, 2.75) is 18.4 Å². The molecule has 3 N–H and O–H groups in total. The molecule has 1 heterocycles. The highest BCUT2D eigenvalue weighted by molar-refractivity contribution is 5.30. The van der Waals surface area contributed by atoms with Gasteiger partial charge in [-0.25, -0.2) is 0 Å². The number of aryl methyl sites for hydroxylation is 2. The Balaban J connectivity index is 2.47. The Morgan fingerprint density at radius 3 is 3.25 bits per heavy atom. The smallest absolute Gasteiger partial charge is 0.105 e. The number of aliphatic hydroxyl groups is 1. The highest BCUT2D eigenvalue weighted by Crippen LogP contribution is 2.34. The van der Waals surface area contributed by atoms with Crippen molar-refractivity contribution < 1.29 is 5.11 Å². The highest BCUT2D eigenvalue weighted by atomic mass is 16.3. The average molecular weight is 167 g/mol. The van der Waals surface area contributed by atoms with Crippen LogP contribution in [0.4, 0.5) is 0 Å². The third-order valence-corrected chi connectivity index (χ3v) is 2.52. The van der Waals surface area contributed by atoms with Gasteiger partial charge in [-0.05, 0) is 12.8 Å². The molecule has 0 aliphatic heterocycles. The van der Waals surface area contributed by atoms with Crippen LogP contribution in [0, 0.1) is 0 Å². The van der Waals surface area contributed by atoms with E-state index in [1.54, 1.807) is 4.68 Å². The summed E-state index contributed by atoms with van der Waals surface area (Å²) in [5.41, 5.74) is 6.59. The van der Waals surface area contributed by atoms with Crippen molar-refractivity contribution in [2.24, 2.45) is 12.8 Å². The van der Waals surface area contributed by atoms with Gasteiger partial charge < -0.3 is 10.8 Å². The van der Waals surface area contributed by atoms with Gasteiger partial charge in [-0.3, -0.25) is 4.68 Å². The first kappa shape index (κ1) is 7.76. The summed E-state index contributed by atoms with van der Waals surface area (Å²) < 4.78 is 1.73. The van der Waals surface area contributed by atoms with Crippen molar-refractivity contribution >= 4 is 0 Å². The zero-order valence-electron chi connectivity index (χ0n) is 7.12. The van der Waals surface area contributed by atoms with Crippen LogP contribution in [0.5, 0.6) is 0 Å². The predicted molar refractivity (Wildman–Crippen MR) is 44.5 cm³/mol. The molecule has 0 saturated carbocycles. The van der Waals surface area contributed by atoms with Crippen LogP contribution < -0.4 is 5.73 Å². The van der Waals surface area contributed by atoms with E-state index in [1.165, 1.54) is 0 Å². The van der Waals surface area contributed by atoms with E-state index in [-0.39, 0.29) is 6.54 Å². The molecular formula is C8H13N3O. The predicted octanol–water partition coefficient (Wildman–Crippen LogP) is -0.487. The molecule has 1 aliphatic carbocycles. The second-order valence-electron chi connectivity index (χ2n) is 3.40. The minimum atomic E-state index is -0.816. The molecule has 1 aromatic rings. The van der Waals surface area contributed by atoms with Crippen LogP contribution >= 0.6 is 0 Å². The molecule has 1 atom stereocenters. The van der Waals surface area contributed by atoms with Gasteiger partial charge in [-0.1, -0.05) is 0 Å². The van der Waals surface area contributed by atoms with Crippen molar-refractivity contribution in [3.8, 4) is 0 Å². The summed E-state index contributed by atoms with van der Waals surface area (Å²) in [6.45, 7) is 0.283. The number of hydrogen-bond acceptors (Lipinski definition) is 3. The standard InChI is InChI=1S/C8H13N3O/c1-11-4-6-7(10-11)2-3-8(6,12)5-9/h4,12H,2-3,5,9H2,1H3. The molecule has 2 rings (SSSR count). The third-order valence-electron chi connectivity index (χ3n) is 2.52. The lowest BCUT2D eigenvalue weighted by atomic mass is 9.99. The largest absolute Gasteiger partial charge is 0.384 e. The van der Waals surface area contributed by atoms with Crippen LogP contribution in [0.2, 0.25) is 0 Å². The quantitative estimate of drug-likeness (QED) is 0.593. The zero-order valence-corrected chi connectivity index (χ0v) is 7.12. The Morgan fingerprint density at radius 2 is 2.58 bits per heavy atom. The SMILES string of the molecule is Cn1cc2c(n1)CCC2(O)CN. The van der Waals surface area contributed by atoms with E-state index >= 15 is 0 Å². The number of rotatable bonds is 1. The number of nitrogens with zero attached hydrogens (tertiary/aromatic N) is 2. The molecule has 0 radical (unpaired) electrons. The first-order valence-corrected chi connectivity index (χ1v) is 4.11. The maximum Gasteiger partial charge on any atom is 0.105 e. The maximum absolute atomic E-state index is 9.99. The Bertz CT molecular complexity index is 307. The molecule has 0 spiro atoms. The second kappa shape index (κ2) is 2.31. The molecule has 0 fully saturated rings. The minimum absolute atomic E-state index is 0.283. The first-order chi connectivity index (χ1) is 5.65. The molecule has 12 heavy (non-hydrogen) atoms. The first-order valence-electron chi connectivity index (χ1n) is 4.11. The topological polar surface area (TPSA) is 64.1 Å². The average Bonchev–Trinajstić information content (AvgIpc) is 2.53. The normalized spacial score (nSPS) is 27.6. The summed E-state index contributed by atoms with van der Waals surface area (Å²) >= 11 is 0. The van der Waals surface area contributed by atoms with E-state index in [0.29, 0.717) is 6.42 Å². The van der Waals surface area contributed by atoms with E-state index < -0.39 is 5.60 Å². The minimum Gasteiger partial charge on any atom is -0.384 e. The van der Waals surface area contributed by atoms with Crippen molar-refractivity contribution in [3.05, 3.63) is 17.5 Å².